The van der Waals surface area contributed by atoms with Crippen LogP contribution in [0.2, 0.25) is 0 Å². The van der Waals surface area contributed by atoms with E-state index in [0.29, 0.717) is 11.3 Å². The molecule has 0 bridgehead atoms. The van der Waals surface area contributed by atoms with E-state index in [1.165, 1.54) is 12.3 Å². The third-order valence-corrected chi connectivity index (χ3v) is 2.75. The van der Waals surface area contributed by atoms with Gasteiger partial charge in [0.1, 0.15) is 5.75 Å². The van der Waals surface area contributed by atoms with Crippen LogP contribution in [0, 0.1) is 5.41 Å². The monoisotopic (exact) mass is 406 g/mol. The summed E-state index contributed by atoms with van der Waals surface area (Å²) in [4.78, 5) is 3.33. The Kier molecular flexibility index (Phi) is 13.8. The summed E-state index contributed by atoms with van der Waals surface area (Å²) in [5.41, 5.74) is 2.40. The molecule has 1 aromatic rings. The van der Waals surface area contributed by atoms with Crippen molar-refractivity contribution >= 4 is 24.3 Å². The molecule has 0 aromatic heterocycles. The van der Waals surface area contributed by atoms with E-state index in [2.05, 4.69) is 10.1 Å². The van der Waals surface area contributed by atoms with Crippen LogP contribution in [0.3, 0.4) is 0 Å². The van der Waals surface area contributed by atoms with Gasteiger partial charge < -0.3 is 10.1 Å². The molecule has 5 nitrogen and oxygen atoms in total. The van der Waals surface area contributed by atoms with Crippen LogP contribution < -0.4 is 10.2 Å². The average molecular weight is 406 g/mol. The fraction of sp³-hybridized carbons (Fsp3) is 0.190. The summed E-state index contributed by atoms with van der Waals surface area (Å²) in [6.07, 6.45) is 10.1. The summed E-state index contributed by atoms with van der Waals surface area (Å²) in [5.74, 6) is -0.696. The molecule has 0 saturated heterocycles. The molecule has 1 rings (SSSR count). The maximum absolute atomic E-state index is 12.8. The van der Waals surface area contributed by atoms with Crippen molar-refractivity contribution in [1.29, 1.82) is 5.41 Å². The number of hydrogen-bond donors (Lipinski definition) is 2. The number of hydrogen-bond acceptors (Lipinski definition) is 4. The van der Waals surface area contributed by atoms with Gasteiger partial charge in [0.2, 0.25) is 5.84 Å². The third kappa shape index (κ3) is 12.6. The first-order valence-electron chi connectivity index (χ1n) is 8.78. The number of halogens is 3. The molecular formula is C21H25F3N4O. The SMILES string of the molecule is CC.C\C=C/C=C\C=C\Oc1ccc(/C=C/N=C(N/N=C/C=N)C(F)(F)F)cc1. The highest BCUT2D eigenvalue weighted by Gasteiger charge is 2.35. The van der Waals surface area contributed by atoms with E-state index < -0.39 is 12.0 Å². The lowest BCUT2D eigenvalue weighted by molar-refractivity contribution is -0.0617. The van der Waals surface area contributed by atoms with Crippen LogP contribution in [0.5, 0.6) is 5.75 Å². The molecule has 2 N–H and O–H groups in total. The quantitative estimate of drug-likeness (QED) is 0.186. The Hall–Kier alpha value is -3.42. The molecule has 0 saturated carbocycles. The zero-order valence-corrected chi connectivity index (χ0v) is 16.5. The van der Waals surface area contributed by atoms with Crippen molar-refractivity contribution in [3.63, 3.8) is 0 Å². The Labute approximate surface area is 169 Å². The summed E-state index contributed by atoms with van der Waals surface area (Å²) in [5, 5.41) is 9.89. The number of alkyl halides is 3. The van der Waals surface area contributed by atoms with Crippen molar-refractivity contribution in [2.75, 3.05) is 0 Å². The topological polar surface area (TPSA) is 69.8 Å². The number of amidine groups is 1. The Morgan fingerprint density at radius 3 is 2.31 bits per heavy atom. The van der Waals surface area contributed by atoms with E-state index in [4.69, 9.17) is 10.1 Å². The summed E-state index contributed by atoms with van der Waals surface area (Å²) in [6, 6.07) is 6.72. The fourth-order valence-corrected chi connectivity index (χ4v) is 1.56. The van der Waals surface area contributed by atoms with E-state index in [0.717, 1.165) is 18.6 Å². The second kappa shape index (κ2) is 15.6. The van der Waals surface area contributed by atoms with Crippen LogP contribution in [0.25, 0.3) is 6.08 Å². The highest BCUT2D eigenvalue weighted by Crippen LogP contribution is 2.17. The molecule has 0 amide bonds. The number of nitrogens with zero attached hydrogens (tertiary/aromatic N) is 2. The number of aliphatic imine (C=N–C) groups is 1. The Balaban J connectivity index is 0.00000379. The van der Waals surface area contributed by atoms with Gasteiger partial charge in [0.05, 0.1) is 12.5 Å². The van der Waals surface area contributed by atoms with E-state index in [1.54, 1.807) is 35.8 Å². The predicted molar refractivity (Wildman–Crippen MR) is 114 cm³/mol. The van der Waals surface area contributed by atoms with Crippen molar-refractivity contribution in [1.82, 2.24) is 5.43 Å². The van der Waals surface area contributed by atoms with Crippen molar-refractivity contribution < 1.29 is 17.9 Å². The molecule has 1 aromatic carbocycles. The fourth-order valence-electron chi connectivity index (χ4n) is 1.56. The highest BCUT2D eigenvalue weighted by atomic mass is 19.4. The van der Waals surface area contributed by atoms with Crippen LogP contribution >= 0.6 is 0 Å². The Morgan fingerprint density at radius 1 is 1.07 bits per heavy atom. The zero-order chi connectivity index (χ0) is 22.0. The van der Waals surface area contributed by atoms with E-state index in [9.17, 15) is 13.2 Å². The second-order valence-electron chi connectivity index (χ2n) is 4.77. The van der Waals surface area contributed by atoms with Gasteiger partial charge in [0.15, 0.2) is 0 Å². The summed E-state index contributed by atoms with van der Waals surface area (Å²) in [7, 11) is 0. The van der Waals surface area contributed by atoms with Gasteiger partial charge in [-0.3, -0.25) is 5.43 Å². The minimum absolute atomic E-state index is 0.588. The van der Waals surface area contributed by atoms with Crippen molar-refractivity contribution in [3.8, 4) is 5.75 Å². The van der Waals surface area contributed by atoms with Gasteiger partial charge in [-0.05, 0) is 36.8 Å². The second-order valence-corrected chi connectivity index (χ2v) is 4.77. The molecule has 0 spiro atoms. The zero-order valence-electron chi connectivity index (χ0n) is 16.5. The molecule has 29 heavy (non-hydrogen) atoms. The van der Waals surface area contributed by atoms with Crippen LogP contribution in [0.4, 0.5) is 13.2 Å². The first-order chi connectivity index (χ1) is 14.0. The molecule has 8 heteroatoms. The van der Waals surface area contributed by atoms with Gasteiger partial charge in [-0.1, -0.05) is 50.3 Å². The normalized spacial score (nSPS) is 12.8. The minimum Gasteiger partial charge on any atom is -0.465 e. The van der Waals surface area contributed by atoms with Gasteiger partial charge >= 0.3 is 6.18 Å². The van der Waals surface area contributed by atoms with Crippen LogP contribution in [0.15, 0.2) is 77.2 Å². The predicted octanol–water partition coefficient (Wildman–Crippen LogP) is 5.89. The lowest BCUT2D eigenvalue weighted by Gasteiger charge is -2.07. The molecule has 156 valence electrons. The first-order valence-corrected chi connectivity index (χ1v) is 8.78. The van der Waals surface area contributed by atoms with Crippen LogP contribution in [0.1, 0.15) is 26.3 Å². The minimum atomic E-state index is -4.69. The van der Waals surface area contributed by atoms with Crippen molar-refractivity contribution in [2.24, 2.45) is 10.1 Å². The third-order valence-electron chi connectivity index (χ3n) is 2.75. The van der Waals surface area contributed by atoms with Crippen molar-refractivity contribution in [2.45, 2.75) is 26.9 Å². The Bertz CT molecular complexity index is 759. The number of benzene rings is 1. The molecule has 0 atom stereocenters. The van der Waals surface area contributed by atoms with Crippen LogP contribution in [-0.2, 0) is 0 Å². The van der Waals surface area contributed by atoms with E-state index in [1.807, 2.05) is 45.1 Å². The molecule has 0 aliphatic carbocycles. The number of hydrazone groups is 1. The number of allylic oxidation sites excluding steroid dienone is 5. The summed E-state index contributed by atoms with van der Waals surface area (Å²) >= 11 is 0. The lowest BCUT2D eigenvalue weighted by Crippen LogP contribution is -2.33. The van der Waals surface area contributed by atoms with Crippen molar-refractivity contribution in [3.05, 3.63) is 72.7 Å². The molecule has 0 heterocycles. The molecule has 0 aliphatic rings. The first kappa shape index (κ1) is 25.6. The van der Waals surface area contributed by atoms with Gasteiger partial charge in [0, 0.05) is 12.4 Å². The molecule has 0 aliphatic heterocycles. The summed E-state index contributed by atoms with van der Waals surface area (Å²) in [6.45, 7) is 5.92. The maximum atomic E-state index is 12.8. The molecule has 0 unspecified atom stereocenters. The highest BCUT2D eigenvalue weighted by molar-refractivity contribution is 6.14. The maximum Gasteiger partial charge on any atom is 0.450 e. The average Bonchev–Trinajstić information content (AvgIpc) is 2.71. The number of rotatable bonds is 8. The van der Waals surface area contributed by atoms with E-state index in [-0.39, 0.29) is 0 Å². The van der Waals surface area contributed by atoms with Gasteiger partial charge in [0.25, 0.3) is 0 Å². The standard InChI is InChI=1S/C19H19F3N4O.C2H6/c1-2-3-4-5-6-15-27-17-9-7-16(8-10-17)11-13-24-18(19(20,21)22)26-25-14-12-23;1-2/h2-15,23H,1H3,(H,24,26);1-2H3/b3-2-,5-4-,13-11+,15-6+,23-12?,25-14+;. The van der Waals surface area contributed by atoms with Gasteiger partial charge in [-0.15, -0.1) is 0 Å². The summed E-state index contributed by atoms with van der Waals surface area (Å²) < 4.78 is 43.6. The molecule has 0 fully saturated rings. The smallest absolute Gasteiger partial charge is 0.450 e. The largest absolute Gasteiger partial charge is 0.465 e. The van der Waals surface area contributed by atoms with Gasteiger partial charge in [-0.2, -0.15) is 18.3 Å². The van der Waals surface area contributed by atoms with Crippen LogP contribution in [-0.4, -0.2) is 24.4 Å². The van der Waals surface area contributed by atoms with Gasteiger partial charge in [-0.25, -0.2) is 4.99 Å². The van der Waals surface area contributed by atoms with E-state index >= 15 is 0 Å². The molecule has 0 radical (unpaired) electrons. The Morgan fingerprint density at radius 2 is 1.72 bits per heavy atom. The molecular weight excluding hydrogens is 381 g/mol. The lowest BCUT2D eigenvalue weighted by atomic mass is 10.2. The number of ether oxygens (including phenoxy) is 1. The number of nitrogens with one attached hydrogen (secondary N) is 2.